The monoisotopic (exact) mass is 331 g/mol. The predicted octanol–water partition coefficient (Wildman–Crippen LogP) is 2.91. The summed E-state index contributed by atoms with van der Waals surface area (Å²) in [6.07, 6.45) is 0.0954. The number of benzene rings is 1. The van der Waals surface area contributed by atoms with Gasteiger partial charge in [0.15, 0.2) is 5.82 Å². The molecule has 0 saturated heterocycles. The summed E-state index contributed by atoms with van der Waals surface area (Å²) in [7, 11) is 0. The molecular formula is C15H14ClN5O2. The topological polar surface area (TPSA) is 96.7 Å². The Kier molecular flexibility index (Phi) is 4.12. The van der Waals surface area contributed by atoms with Gasteiger partial charge in [-0.2, -0.15) is 5.10 Å². The van der Waals surface area contributed by atoms with Crippen LogP contribution in [0.1, 0.15) is 17.1 Å². The van der Waals surface area contributed by atoms with Gasteiger partial charge in [-0.1, -0.05) is 17.3 Å². The van der Waals surface area contributed by atoms with Crippen LogP contribution in [0.25, 0.3) is 11.4 Å². The molecule has 2 aromatic heterocycles. The third-order valence-electron chi connectivity index (χ3n) is 3.28. The molecule has 0 radical (unpaired) electrons. The average Bonchev–Trinajstić information content (AvgIpc) is 3.08. The zero-order chi connectivity index (χ0) is 16.4. The van der Waals surface area contributed by atoms with Gasteiger partial charge in [-0.15, -0.1) is 0 Å². The molecule has 23 heavy (non-hydrogen) atoms. The van der Waals surface area contributed by atoms with E-state index < -0.39 is 0 Å². The van der Waals surface area contributed by atoms with E-state index >= 15 is 0 Å². The van der Waals surface area contributed by atoms with Gasteiger partial charge in [0, 0.05) is 16.8 Å². The largest absolute Gasteiger partial charge is 0.344 e. The molecule has 8 heteroatoms. The highest BCUT2D eigenvalue weighted by molar-refractivity contribution is 6.29. The van der Waals surface area contributed by atoms with Crippen molar-refractivity contribution < 1.29 is 9.32 Å². The number of aromatic nitrogens is 4. The van der Waals surface area contributed by atoms with Crippen molar-refractivity contribution in [2.75, 3.05) is 5.32 Å². The summed E-state index contributed by atoms with van der Waals surface area (Å²) in [5.74, 6) is 1.10. The predicted molar refractivity (Wildman–Crippen MR) is 85.1 cm³/mol. The van der Waals surface area contributed by atoms with E-state index in [9.17, 15) is 4.79 Å². The van der Waals surface area contributed by atoms with Crippen molar-refractivity contribution in [3.63, 3.8) is 0 Å². The number of aromatic amines is 1. The lowest BCUT2D eigenvalue weighted by molar-refractivity contribution is -0.115. The summed E-state index contributed by atoms with van der Waals surface area (Å²) >= 11 is 5.87. The van der Waals surface area contributed by atoms with Gasteiger partial charge in [0.2, 0.25) is 11.1 Å². The number of hydrogen-bond donors (Lipinski definition) is 2. The number of H-pyrrole nitrogens is 1. The number of carbonyl (C=O) groups excluding carboxylic acids is 1. The highest BCUT2D eigenvalue weighted by Gasteiger charge is 2.15. The van der Waals surface area contributed by atoms with Crippen LogP contribution >= 0.6 is 11.6 Å². The molecule has 2 N–H and O–H groups in total. The molecule has 0 aliphatic carbocycles. The lowest BCUT2D eigenvalue weighted by atomic mass is 10.1. The zero-order valence-corrected chi connectivity index (χ0v) is 13.3. The Balaban J connectivity index is 1.74. The van der Waals surface area contributed by atoms with E-state index in [2.05, 4.69) is 25.7 Å². The first kappa shape index (κ1) is 15.2. The normalized spacial score (nSPS) is 10.7. The number of hydrogen-bond acceptors (Lipinski definition) is 5. The number of nitrogens with zero attached hydrogens (tertiary/aromatic N) is 3. The summed E-state index contributed by atoms with van der Waals surface area (Å²) in [5.41, 5.74) is 2.66. The third-order valence-corrected chi connectivity index (χ3v) is 3.57. The maximum absolute atomic E-state index is 12.2. The molecule has 0 aliphatic heterocycles. The van der Waals surface area contributed by atoms with Crippen molar-refractivity contribution in [3.8, 4) is 11.4 Å². The lowest BCUT2D eigenvalue weighted by Crippen LogP contribution is -2.14. The summed E-state index contributed by atoms with van der Waals surface area (Å²) in [5, 5.41) is 13.6. The van der Waals surface area contributed by atoms with E-state index in [0.717, 1.165) is 11.4 Å². The molecule has 0 saturated carbocycles. The van der Waals surface area contributed by atoms with Crippen LogP contribution in [0, 0.1) is 13.8 Å². The molecule has 2 heterocycles. The van der Waals surface area contributed by atoms with E-state index in [1.807, 2.05) is 25.1 Å². The van der Waals surface area contributed by atoms with Gasteiger partial charge in [-0.05, 0) is 37.6 Å². The van der Waals surface area contributed by atoms with Gasteiger partial charge >= 0.3 is 0 Å². The molecule has 1 amide bonds. The molecule has 7 nitrogen and oxygen atoms in total. The smallest absolute Gasteiger partial charge is 0.229 e. The van der Waals surface area contributed by atoms with E-state index in [0.29, 0.717) is 22.8 Å². The first-order chi connectivity index (χ1) is 11.0. The summed E-state index contributed by atoms with van der Waals surface area (Å²) < 4.78 is 4.84. The highest BCUT2D eigenvalue weighted by atomic mass is 35.5. The van der Waals surface area contributed by atoms with Gasteiger partial charge < -0.3 is 9.84 Å². The second-order valence-electron chi connectivity index (χ2n) is 5.07. The van der Waals surface area contributed by atoms with E-state index in [1.165, 1.54) is 0 Å². The number of carbonyl (C=O) groups is 1. The number of aryl methyl sites for hydroxylation is 2. The molecular weight excluding hydrogens is 318 g/mol. The Morgan fingerprint density at radius 1 is 1.39 bits per heavy atom. The molecule has 3 aromatic rings. The van der Waals surface area contributed by atoms with Crippen molar-refractivity contribution in [3.05, 3.63) is 46.6 Å². The first-order valence-electron chi connectivity index (χ1n) is 6.93. The fraction of sp³-hybridized carbons (Fsp3) is 0.200. The van der Waals surface area contributed by atoms with Gasteiger partial charge in [-0.25, -0.2) is 4.98 Å². The highest BCUT2D eigenvalue weighted by Crippen LogP contribution is 2.22. The number of nitrogens with one attached hydrogen (secondary N) is 2. The van der Waals surface area contributed by atoms with Crippen LogP contribution in [0.4, 0.5) is 5.69 Å². The molecule has 0 atom stereocenters. The van der Waals surface area contributed by atoms with Crippen molar-refractivity contribution in [1.82, 2.24) is 20.3 Å². The van der Waals surface area contributed by atoms with Gasteiger partial charge in [-0.3, -0.25) is 9.89 Å². The SMILES string of the molecule is Cc1nc(-c2cccc(NC(=O)Cc3c(C)noc3Cl)c2)n[nH]1. The summed E-state index contributed by atoms with van der Waals surface area (Å²) in [6, 6.07) is 7.30. The van der Waals surface area contributed by atoms with Crippen molar-refractivity contribution >= 4 is 23.2 Å². The van der Waals surface area contributed by atoms with Gasteiger partial charge in [0.05, 0.1) is 12.1 Å². The molecule has 3 rings (SSSR count). The zero-order valence-electron chi connectivity index (χ0n) is 12.6. The van der Waals surface area contributed by atoms with E-state index in [-0.39, 0.29) is 17.5 Å². The quantitative estimate of drug-likeness (QED) is 0.766. The standard InChI is InChI=1S/C15H14ClN5O2/c1-8-12(14(16)23-21-8)7-13(22)18-11-5-3-4-10(6-11)15-17-9(2)19-20-15/h3-6H,7H2,1-2H3,(H,18,22)(H,17,19,20). The Labute approximate surface area is 137 Å². The van der Waals surface area contributed by atoms with Crippen LogP contribution in [0.15, 0.2) is 28.8 Å². The Morgan fingerprint density at radius 3 is 2.87 bits per heavy atom. The van der Waals surface area contributed by atoms with Crippen LogP contribution in [0.5, 0.6) is 0 Å². The molecule has 0 spiro atoms. The molecule has 118 valence electrons. The fourth-order valence-corrected chi connectivity index (χ4v) is 2.37. The van der Waals surface area contributed by atoms with Crippen LogP contribution < -0.4 is 5.32 Å². The second kappa shape index (κ2) is 6.21. The molecule has 1 aromatic carbocycles. The number of amides is 1. The van der Waals surface area contributed by atoms with Crippen molar-refractivity contribution in [2.24, 2.45) is 0 Å². The van der Waals surface area contributed by atoms with Gasteiger partial charge in [0.1, 0.15) is 5.82 Å². The summed E-state index contributed by atoms with van der Waals surface area (Å²) in [6.45, 7) is 3.57. The minimum atomic E-state index is -0.207. The Bertz CT molecular complexity index is 836. The molecule has 0 fully saturated rings. The summed E-state index contributed by atoms with van der Waals surface area (Å²) in [4.78, 5) is 16.4. The Morgan fingerprint density at radius 2 is 2.22 bits per heavy atom. The number of anilines is 1. The minimum Gasteiger partial charge on any atom is -0.344 e. The molecule has 0 unspecified atom stereocenters. The third kappa shape index (κ3) is 3.40. The first-order valence-corrected chi connectivity index (χ1v) is 7.30. The lowest BCUT2D eigenvalue weighted by Gasteiger charge is -2.06. The van der Waals surface area contributed by atoms with Crippen LogP contribution in [0.2, 0.25) is 5.22 Å². The maximum Gasteiger partial charge on any atom is 0.229 e. The maximum atomic E-state index is 12.2. The average molecular weight is 332 g/mol. The van der Waals surface area contributed by atoms with Crippen LogP contribution in [0.3, 0.4) is 0 Å². The minimum absolute atomic E-state index is 0.0954. The van der Waals surface area contributed by atoms with Gasteiger partial charge in [0.25, 0.3) is 0 Å². The number of rotatable bonds is 4. The van der Waals surface area contributed by atoms with E-state index in [4.69, 9.17) is 16.1 Å². The van der Waals surface area contributed by atoms with E-state index in [1.54, 1.807) is 13.0 Å². The fourth-order valence-electron chi connectivity index (χ4n) is 2.13. The van der Waals surface area contributed by atoms with Crippen molar-refractivity contribution in [1.29, 1.82) is 0 Å². The molecule has 0 bridgehead atoms. The molecule has 0 aliphatic rings. The Hall–Kier alpha value is -2.67. The second-order valence-corrected chi connectivity index (χ2v) is 5.41. The number of halogens is 1. The van der Waals surface area contributed by atoms with Crippen molar-refractivity contribution in [2.45, 2.75) is 20.3 Å². The van der Waals surface area contributed by atoms with Crippen LogP contribution in [-0.4, -0.2) is 26.2 Å². The van der Waals surface area contributed by atoms with Crippen LogP contribution in [-0.2, 0) is 11.2 Å².